The molecule has 0 unspecified atom stereocenters. The van der Waals surface area contributed by atoms with Crippen molar-refractivity contribution >= 4 is 17.2 Å². The Morgan fingerprint density at radius 3 is 2.88 bits per heavy atom. The van der Waals surface area contributed by atoms with Gasteiger partial charge in [0, 0.05) is 6.20 Å². The molecule has 0 spiro atoms. The number of H-pyrrole nitrogens is 1. The summed E-state index contributed by atoms with van der Waals surface area (Å²) in [5.74, 6) is -0.0155. The Labute approximate surface area is 96.3 Å². The van der Waals surface area contributed by atoms with Gasteiger partial charge in [-0.2, -0.15) is 9.78 Å². The summed E-state index contributed by atoms with van der Waals surface area (Å²) in [5.41, 5.74) is 0.758. The first-order chi connectivity index (χ1) is 7.56. The summed E-state index contributed by atoms with van der Waals surface area (Å²) < 4.78 is 1.24. The average Bonchev–Trinajstić information content (AvgIpc) is 2.60. The van der Waals surface area contributed by atoms with Crippen LogP contribution in [0.25, 0.3) is 5.65 Å². The van der Waals surface area contributed by atoms with Crippen molar-refractivity contribution in [1.82, 2.24) is 14.6 Å². The van der Waals surface area contributed by atoms with Crippen molar-refractivity contribution in [1.29, 1.82) is 5.26 Å². The third-order valence-corrected chi connectivity index (χ3v) is 2.64. The molecule has 0 saturated heterocycles. The summed E-state index contributed by atoms with van der Waals surface area (Å²) in [5, 5.41) is 11.7. The van der Waals surface area contributed by atoms with Gasteiger partial charge in [0.15, 0.2) is 5.65 Å². The Morgan fingerprint density at radius 1 is 1.62 bits per heavy atom. The molecular weight excluding hydrogens is 228 g/mol. The van der Waals surface area contributed by atoms with Crippen molar-refractivity contribution in [2.45, 2.75) is 19.8 Å². The molecule has 2 aromatic heterocycles. The summed E-state index contributed by atoms with van der Waals surface area (Å²) >= 11 is 5.94. The molecule has 1 N–H and O–H groups in total. The smallest absolute Gasteiger partial charge is 0.277 e. The first kappa shape index (κ1) is 10.7. The first-order valence-electron chi connectivity index (χ1n) is 4.76. The average molecular weight is 237 g/mol. The van der Waals surface area contributed by atoms with Crippen LogP contribution in [0.15, 0.2) is 11.0 Å². The molecule has 2 aromatic rings. The van der Waals surface area contributed by atoms with Crippen LogP contribution in [0.5, 0.6) is 0 Å². The van der Waals surface area contributed by atoms with Gasteiger partial charge in [0.25, 0.3) is 5.56 Å². The van der Waals surface area contributed by atoms with E-state index in [2.05, 4.69) is 10.1 Å². The second kappa shape index (κ2) is 3.65. The molecule has 2 rings (SSSR count). The van der Waals surface area contributed by atoms with E-state index in [1.807, 2.05) is 19.9 Å². The van der Waals surface area contributed by atoms with Crippen LogP contribution in [-0.4, -0.2) is 14.6 Å². The quantitative estimate of drug-likeness (QED) is 0.766. The van der Waals surface area contributed by atoms with Gasteiger partial charge in [-0.15, -0.1) is 0 Å². The van der Waals surface area contributed by atoms with Gasteiger partial charge in [0.05, 0.1) is 5.56 Å². The van der Waals surface area contributed by atoms with Crippen molar-refractivity contribution in [3.8, 4) is 6.07 Å². The summed E-state index contributed by atoms with van der Waals surface area (Å²) in [4.78, 5) is 16.1. The van der Waals surface area contributed by atoms with Gasteiger partial charge >= 0.3 is 0 Å². The van der Waals surface area contributed by atoms with Gasteiger partial charge < -0.3 is 0 Å². The molecule has 0 fully saturated rings. The monoisotopic (exact) mass is 236 g/mol. The van der Waals surface area contributed by atoms with E-state index in [0.29, 0.717) is 11.1 Å². The Hall–Kier alpha value is -1.80. The van der Waals surface area contributed by atoms with Gasteiger partial charge in [0.1, 0.15) is 16.8 Å². The SMILES string of the molecule is CC(C)c1c(Cl)nc2c(C#N)c[nH]n2c1=O. The molecule has 6 heteroatoms. The minimum absolute atomic E-state index is 0.0155. The van der Waals surface area contributed by atoms with E-state index in [1.54, 1.807) is 0 Å². The fraction of sp³-hybridized carbons (Fsp3) is 0.300. The normalized spacial score (nSPS) is 10.9. The second-order valence-corrected chi connectivity index (χ2v) is 4.09. The van der Waals surface area contributed by atoms with Gasteiger partial charge in [-0.05, 0) is 5.92 Å². The van der Waals surface area contributed by atoms with Crippen LogP contribution in [0.3, 0.4) is 0 Å². The van der Waals surface area contributed by atoms with Crippen molar-refractivity contribution in [2.24, 2.45) is 0 Å². The van der Waals surface area contributed by atoms with Crippen molar-refractivity contribution in [3.63, 3.8) is 0 Å². The number of hydrogen-bond acceptors (Lipinski definition) is 3. The molecule has 82 valence electrons. The molecule has 16 heavy (non-hydrogen) atoms. The lowest BCUT2D eigenvalue weighted by molar-refractivity contribution is 0.794. The van der Waals surface area contributed by atoms with Crippen molar-refractivity contribution < 1.29 is 0 Å². The van der Waals surface area contributed by atoms with Gasteiger partial charge in [-0.1, -0.05) is 25.4 Å². The molecule has 0 saturated carbocycles. The molecule has 0 aromatic carbocycles. The Morgan fingerprint density at radius 2 is 2.31 bits per heavy atom. The van der Waals surface area contributed by atoms with E-state index in [-0.39, 0.29) is 22.3 Å². The van der Waals surface area contributed by atoms with E-state index in [9.17, 15) is 4.79 Å². The standard InChI is InChI=1S/C10H9ClN4O/c1-5(2)7-8(11)14-9-6(3-12)4-13-15(9)10(7)16/h4-5,13H,1-2H3. The summed E-state index contributed by atoms with van der Waals surface area (Å²) in [7, 11) is 0. The minimum Gasteiger partial charge on any atom is -0.295 e. The predicted molar refractivity (Wildman–Crippen MR) is 59.6 cm³/mol. The van der Waals surface area contributed by atoms with Crippen LogP contribution in [-0.2, 0) is 0 Å². The zero-order valence-corrected chi connectivity index (χ0v) is 9.54. The van der Waals surface area contributed by atoms with E-state index < -0.39 is 0 Å². The molecule has 0 aliphatic heterocycles. The highest BCUT2D eigenvalue weighted by atomic mass is 35.5. The molecule has 0 radical (unpaired) electrons. The predicted octanol–water partition coefficient (Wildman–Crippen LogP) is 1.67. The summed E-state index contributed by atoms with van der Waals surface area (Å²) in [6, 6.07) is 1.94. The number of nitriles is 1. The third kappa shape index (κ3) is 1.39. The van der Waals surface area contributed by atoms with Crippen LogP contribution in [0, 0.1) is 11.3 Å². The van der Waals surface area contributed by atoms with Crippen molar-refractivity contribution in [2.75, 3.05) is 0 Å². The lowest BCUT2D eigenvalue weighted by Crippen LogP contribution is -2.21. The van der Waals surface area contributed by atoms with Crippen molar-refractivity contribution in [3.05, 3.63) is 32.8 Å². The third-order valence-electron chi connectivity index (χ3n) is 2.35. The molecule has 2 heterocycles. The maximum atomic E-state index is 12.0. The fourth-order valence-corrected chi connectivity index (χ4v) is 1.95. The van der Waals surface area contributed by atoms with E-state index in [0.717, 1.165) is 0 Å². The molecule has 5 nitrogen and oxygen atoms in total. The minimum atomic E-state index is -0.258. The summed E-state index contributed by atoms with van der Waals surface area (Å²) in [6.07, 6.45) is 1.43. The molecule has 0 aliphatic rings. The molecule has 0 aliphatic carbocycles. The highest BCUT2D eigenvalue weighted by Gasteiger charge is 2.16. The van der Waals surface area contributed by atoms with Crippen LogP contribution >= 0.6 is 11.6 Å². The lowest BCUT2D eigenvalue weighted by atomic mass is 10.1. The molecule has 0 bridgehead atoms. The Kier molecular flexibility index (Phi) is 2.44. The molecule has 0 amide bonds. The second-order valence-electron chi connectivity index (χ2n) is 3.73. The van der Waals surface area contributed by atoms with Crippen LogP contribution in [0.4, 0.5) is 0 Å². The number of aromatic nitrogens is 3. The van der Waals surface area contributed by atoms with Crippen LogP contribution in [0.1, 0.15) is 30.9 Å². The zero-order valence-electron chi connectivity index (χ0n) is 8.78. The highest BCUT2D eigenvalue weighted by molar-refractivity contribution is 6.30. The Balaban J connectivity index is 2.92. The fourth-order valence-electron chi connectivity index (χ4n) is 1.57. The van der Waals surface area contributed by atoms with E-state index in [4.69, 9.17) is 16.9 Å². The topological polar surface area (TPSA) is 73.9 Å². The number of nitrogens with zero attached hydrogens (tertiary/aromatic N) is 3. The molecular formula is C10H9ClN4O. The van der Waals surface area contributed by atoms with Crippen LogP contribution in [0.2, 0.25) is 5.15 Å². The number of nitrogens with one attached hydrogen (secondary N) is 1. The summed E-state index contributed by atoms with van der Waals surface area (Å²) in [6.45, 7) is 3.73. The van der Waals surface area contributed by atoms with Gasteiger partial charge in [-0.25, -0.2) is 4.98 Å². The number of halogens is 1. The van der Waals surface area contributed by atoms with Crippen LogP contribution < -0.4 is 5.56 Å². The number of hydrogen-bond donors (Lipinski definition) is 1. The van der Waals surface area contributed by atoms with Gasteiger partial charge in [-0.3, -0.25) is 9.89 Å². The number of fused-ring (bicyclic) bond motifs is 1. The zero-order chi connectivity index (χ0) is 11.9. The number of aromatic amines is 1. The maximum absolute atomic E-state index is 12.0. The highest BCUT2D eigenvalue weighted by Crippen LogP contribution is 2.19. The van der Waals surface area contributed by atoms with Gasteiger partial charge in [0.2, 0.25) is 0 Å². The van der Waals surface area contributed by atoms with E-state index >= 15 is 0 Å². The first-order valence-corrected chi connectivity index (χ1v) is 5.13. The maximum Gasteiger partial charge on any atom is 0.277 e. The van der Waals surface area contributed by atoms with E-state index in [1.165, 1.54) is 10.7 Å². The lowest BCUT2D eigenvalue weighted by Gasteiger charge is -2.06. The molecule has 0 atom stereocenters. The Bertz CT molecular complexity index is 647. The largest absolute Gasteiger partial charge is 0.295 e. The number of rotatable bonds is 1.